The maximum atomic E-state index is 12.0. The van der Waals surface area contributed by atoms with Crippen molar-refractivity contribution in [2.45, 2.75) is 44.4 Å². The molecule has 20 heavy (non-hydrogen) atoms. The Morgan fingerprint density at radius 2 is 2.00 bits per heavy atom. The van der Waals surface area contributed by atoms with Gasteiger partial charge in [0.25, 0.3) is 0 Å². The van der Waals surface area contributed by atoms with Crippen LogP contribution in [0.15, 0.2) is 18.3 Å². The Balaban J connectivity index is 0.00000200. The Kier molecular flexibility index (Phi) is 6.55. The lowest BCUT2D eigenvalue weighted by molar-refractivity contribution is -0.154. The molecule has 1 saturated carbocycles. The molecule has 1 fully saturated rings. The highest BCUT2D eigenvalue weighted by molar-refractivity contribution is 5.85. The predicted molar refractivity (Wildman–Crippen MR) is 72.1 cm³/mol. The van der Waals surface area contributed by atoms with Crippen LogP contribution in [0.2, 0.25) is 0 Å². The highest BCUT2D eigenvalue weighted by Crippen LogP contribution is 2.19. The standard InChI is InChI=1S/C13H17F3N2O.ClH/c14-13(15,16)9-19-12-7-10(5-6-17-12)8-18-11-3-1-2-4-11;/h5-7,11,18H,1-4,8-9H2;1H. The molecule has 1 aliphatic rings. The number of halogens is 4. The quantitative estimate of drug-likeness (QED) is 0.904. The van der Waals surface area contributed by atoms with Gasteiger partial charge in [-0.2, -0.15) is 13.2 Å². The minimum Gasteiger partial charge on any atom is -0.468 e. The second-order valence-corrected chi connectivity index (χ2v) is 4.77. The molecule has 0 radical (unpaired) electrons. The number of nitrogens with zero attached hydrogens (tertiary/aromatic N) is 1. The number of aromatic nitrogens is 1. The van der Waals surface area contributed by atoms with Gasteiger partial charge < -0.3 is 10.1 Å². The normalized spacial score (nSPS) is 15.9. The molecule has 114 valence electrons. The first-order chi connectivity index (χ1) is 9.03. The lowest BCUT2D eigenvalue weighted by Crippen LogP contribution is -2.25. The van der Waals surface area contributed by atoms with Gasteiger partial charge in [-0.15, -0.1) is 12.4 Å². The molecule has 0 atom stereocenters. The minimum absolute atomic E-state index is 0. The number of nitrogens with one attached hydrogen (secondary N) is 1. The van der Waals surface area contributed by atoms with E-state index in [4.69, 9.17) is 0 Å². The smallest absolute Gasteiger partial charge is 0.422 e. The molecule has 3 nitrogen and oxygen atoms in total. The van der Waals surface area contributed by atoms with Crippen LogP contribution in [-0.4, -0.2) is 23.8 Å². The summed E-state index contributed by atoms with van der Waals surface area (Å²) in [6.45, 7) is -0.672. The predicted octanol–water partition coefficient (Wildman–Crippen LogP) is 3.48. The first kappa shape index (κ1) is 17.0. The average Bonchev–Trinajstić information content (AvgIpc) is 2.87. The highest BCUT2D eigenvalue weighted by Gasteiger charge is 2.28. The van der Waals surface area contributed by atoms with Crippen molar-refractivity contribution >= 4 is 12.4 Å². The summed E-state index contributed by atoms with van der Waals surface area (Å²) in [5.41, 5.74) is 0.888. The van der Waals surface area contributed by atoms with Crippen molar-refractivity contribution in [2.75, 3.05) is 6.61 Å². The van der Waals surface area contributed by atoms with Crippen LogP contribution < -0.4 is 10.1 Å². The maximum Gasteiger partial charge on any atom is 0.422 e. The van der Waals surface area contributed by atoms with Crippen molar-refractivity contribution in [1.29, 1.82) is 0 Å². The van der Waals surface area contributed by atoms with Crippen LogP contribution in [0, 0.1) is 0 Å². The number of hydrogen-bond donors (Lipinski definition) is 1. The third kappa shape index (κ3) is 5.96. The van der Waals surface area contributed by atoms with E-state index in [1.54, 1.807) is 12.1 Å². The second kappa shape index (κ2) is 7.69. The summed E-state index contributed by atoms with van der Waals surface area (Å²) in [6.07, 6.45) is 1.96. The van der Waals surface area contributed by atoms with E-state index in [2.05, 4.69) is 15.0 Å². The Morgan fingerprint density at radius 3 is 2.65 bits per heavy atom. The molecule has 0 amide bonds. The number of pyridine rings is 1. The van der Waals surface area contributed by atoms with Gasteiger partial charge in [-0.1, -0.05) is 12.8 Å². The third-order valence-electron chi connectivity index (χ3n) is 3.13. The molecule has 1 heterocycles. The molecule has 1 aromatic rings. The van der Waals surface area contributed by atoms with Crippen molar-refractivity contribution in [3.8, 4) is 5.88 Å². The van der Waals surface area contributed by atoms with Gasteiger partial charge >= 0.3 is 6.18 Å². The third-order valence-corrected chi connectivity index (χ3v) is 3.13. The number of ether oxygens (including phenoxy) is 1. The van der Waals surface area contributed by atoms with E-state index < -0.39 is 12.8 Å². The Bertz CT molecular complexity index is 409. The van der Waals surface area contributed by atoms with Gasteiger partial charge in [0.2, 0.25) is 5.88 Å². The van der Waals surface area contributed by atoms with Crippen molar-refractivity contribution in [1.82, 2.24) is 10.3 Å². The van der Waals surface area contributed by atoms with E-state index >= 15 is 0 Å². The zero-order valence-electron chi connectivity index (χ0n) is 10.9. The fraction of sp³-hybridized carbons (Fsp3) is 0.615. The molecular weight excluding hydrogens is 293 g/mol. The topological polar surface area (TPSA) is 34.1 Å². The van der Waals surface area contributed by atoms with E-state index in [9.17, 15) is 13.2 Å². The summed E-state index contributed by atoms with van der Waals surface area (Å²) in [5.74, 6) is 0.0167. The van der Waals surface area contributed by atoms with Crippen LogP contribution in [0.5, 0.6) is 5.88 Å². The highest BCUT2D eigenvalue weighted by atomic mass is 35.5. The molecule has 1 aromatic heterocycles. The van der Waals surface area contributed by atoms with Crippen molar-refractivity contribution < 1.29 is 17.9 Å². The fourth-order valence-electron chi connectivity index (χ4n) is 2.19. The van der Waals surface area contributed by atoms with Crippen molar-refractivity contribution in [3.63, 3.8) is 0 Å². The second-order valence-electron chi connectivity index (χ2n) is 4.77. The number of alkyl halides is 3. The summed E-state index contributed by atoms with van der Waals surface area (Å²) < 4.78 is 40.7. The van der Waals surface area contributed by atoms with Crippen LogP contribution in [0.3, 0.4) is 0 Å². The SMILES string of the molecule is Cl.FC(F)(F)COc1cc(CNC2CCCC2)ccn1. The largest absolute Gasteiger partial charge is 0.468 e. The molecular formula is C13H18ClF3N2O. The molecule has 1 N–H and O–H groups in total. The van der Waals surface area contributed by atoms with Gasteiger partial charge in [0.1, 0.15) is 0 Å². The van der Waals surface area contributed by atoms with Crippen molar-refractivity contribution in [3.05, 3.63) is 23.9 Å². The first-order valence-corrected chi connectivity index (χ1v) is 6.41. The van der Waals surface area contributed by atoms with Gasteiger partial charge in [0.05, 0.1) is 0 Å². The summed E-state index contributed by atoms with van der Waals surface area (Å²) >= 11 is 0. The molecule has 1 aliphatic carbocycles. The first-order valence-electron chi connectivity index (χ1n) is 6.41. The van der Waals surface area contributed by atoms with E-state index in [-0.39, 0.29) is 18.3 Å². The van der Waals surface area contributed by atoms with E-state index in [0.717, 1.165) is 5.56 Å². The monoisotopic (exact) mass is 310 g/mol. The lowest BCUT2D eigenvalue weighted by Gasteiger charge is -2.12. The number of rotatable bonds is 5. The van der Waals surface area contributed by atoms with E-state index in [0.29, 0.717) is 12.6 Å². The lowest BCUT2D eigenvalue weighted by atomic mass is 10.2. The van der Waals surface area contributed by atoms with Crippen LogP contribution >= 0.6 is 12.4 Å². The van der Waals surface area contributed by atoms with Crippen LogP contribution in [0.4, 0.5) is 13.2 Å². The van der Waals surface area contributed by atoms with Gasteiger partial charge in [0, 0.05) is 24.8 Å². The zero-order valence-corrected chi connectivity index (χ0v) is 11.8. The molecule has 0 aromatic carbocycles. The average molecular weight is 311 g/mol. The maximum absolute atomic E-state index is 12.0. The van der Waals surface area contributed by atoms with Crippen LogP contribution in [-0.2, 0) is 6.54 Å². The Morgan fingerprint density at radius 1 is 1.30 bits per heavy atom. The Hall–Kier alpha value is -1.01. The van der Waals surface area contributed by atoms with E-state index in [1.807, 2.05) is 0 Å². The van der Waals surface area contributed by atoms with E-state index in [1.165, 1.54) is 31.9 Å². The minimum atomic E-state index is -4.33. The summed E-state index contributed by atoms with van der Waals surface area (Å²) in [4.78, 5) is 3.77. The van der Waals surface area contributed by atoms with Gasteiger partial charge in [-0.3, -0.25) is 0 Å². The molecule has 0 aliphatic heterocycles. The van der Waals surface area contributed by atoms with Crippen molar-refractivity contribution in [2.24, 2.45) is 0 Å². The van der Waals surface area contributed by atoms with Gasteiger partial charge in [-0.05, 0) is 24.5 Å². The molecule has 2 rings (SSSR count). The van der Waals surface area contributed by atoms with Crippen LogP contribution in [0.1, 0.15) is 31.2 Å². The molecule has 0 bridgehead atoms. The van der Waals surface area contributed by atoms with Crippen LogP contribution in [0.25, 0.3) is 0 Å². The fourth-order valence-corrected chi connectivity index (χ4v) is 2.19. The summed E-state index contributed by atoms with van der Waals surface area (Å²) in [6, 6.07) is 3.85. The molecule has 7 heteroatoms. The molecule has 0 spiro atoms. The zero-order chi connectivity index (χ0) is 13.7. The summed E-state index contributed by atoms with van der Waals surface area (Å²) in [5, 5.41) is 3.39. The number of hydrogen-bond acceptors (Lipinski definition) is 3. The molecule has 0 unspecified atom stereocenters. The summed E-state index contributed by atoms with van der Waals surface area (Å²) in [7, 11) is 0. The van der Waals surface area contributed by atoms with Gasteiger partial charge in [-0.25, -0.2) is 4.98 Å². The Labute approximate surface area is 122 Å². The molecule has 0 saturated heterocycles. The van der Waals surface area contributed by atoms with Gasteiger partial charge in [0.15, 0.2) is 6.61 Å².